The molecule has 1 N–H and O–H groups in total. The highest BCUT2D eigenvalue weighted by atomic mass is 32.1. The second kappa shape index (κ2) is 7.43. The molecule has 1 aromatic carbocycles. The highest BCUT2D eigenvalue weighted by Gasteiger charge is 2.17. The molecule has 3 rings (SSSR count). The SMILES string of the molecule is Cc1oc(-c2cccs2)nc1CC(=O)Nc1ccccc1OC(F)F. The van der Waals surface area contributed by atoms with Crippen molar-refractivity contribution in [1.29, 1.82) is 0 Å². The predicted molar refractivity (Wildman–Crippen MR) is 90.0 cm³/mol. The lowest BCUT2D eigenvalue weighted by Gasteiger charge is -2.11. The molecule has 8 heteroatoms. The molecule has 0 bridgehead atoms. The van der Waals surface area contributed by atoms with Gasteiger partial charge in [-0.25, -0.2) is 4.98 Å². The summed E-state index contributed by atoms with van der Waals surface area (Å²) in [7, 11) is 0. The molecule has 0 aliphatic rings. The van der Waals surface area contributed by atoms with Crippen LogP contribution in [0, 0.1) is 6.92 Å². The molecule has 3 aromatic rings. The topological polar surface area (TPSA) is 64.4 Å². The molecule has 0 saturated carbocycles. The van der Waals surface area contributed by atoms with Gasteiger partial charge in [-0.2, -0.15) is 8.78 Å². The Bertz CT molecular complexity index is 863. The van der Waals surface area contributed by atoms with Crippen molar-refractivity contribution in [2.45, 2.75) is 20.0 Å². The van der Waals surface area contributed by atoms with Crippen molar-refractivity contribution in [1.82, 2.24) is 4.98 Å². The zero-order chi connectivity index (χ0) is 17.8. The molecular formula is C17H14F2N2O3S. The third-order valence-electron chi connectivity index (χ3n) is 3.33. The van der Waals surface area contributed by atoms with Crippen molar-refractivity contribution in [2.24, 2.45) is 0 Å². The number of anilines is 1. The summed E-state index contributed by atoms with van der Waals surface area (Å²) in [4.78, 5) is 17.4. The monoisotopic (exact) mass is 364 g/mol. The number of aromatic nitrogens is 1. The van der Waals surface area contributed by atoms with Gasteiger partial charge < -0.3 is 14.5 Å². The number of benzene rings is 1. The van der Waals surface area contributed by atoms with Crippen molar-refractivity contribution in [3.8, 4) is 16.5 Å². The average Bonchev–Trinajstić information content (AvgIpc) is 3.19. The molecule has 0 atom stereocenters. The maximum Gasteiger partial charge on any atom is 0.387 e. The summed E-state index contributed by atoms with van der Waals surface area (Å²) in [5.41, 5.74) is 0.667. The van der Waals surface area contributed by atoms with Crippen LogP contribution in [0.3, 0.4) is 0 Å². The van der Waals surface area contributed by atoms with E-state index in [1.54, 1.807) is 19.1 Å². The average molecular weight is 364 g/mol. The molecule has 25 heavy (non-hydrogen) atoms. The Morgan fingerprint density at radius 1 is 1.32 bits per heavy atom. The van der Waals surface area contributed by atoms with Crippen LogP contribution in [0.2, 0.25) is 0 Å². The summed E-state index contributed by atoms with van der Waals surface area (Å²) in [5, 5.41) is 4.46. The number of oxazole rings is 1. The number of thiophene rings is 1. The van der Waals surface area contributed by atoms with Gasteiger partial charge in [-0.15, -0.1) is 11.3 Å². The summed E-state index contributed by atoms with van der Waals surface area (Å²) in [6.45, 7) is -1.25. The molecule has 0 spiro atoms. The Hall–Kier alpha value is -2.74. The quantitative estimate of drug-likeness (QED) is 0.700. The van der Waals surface area contributed by atoms with Gasteiger partial charge in [-0.3, -0.25) is 4.79 Å². The Balaban J connectivity index is 1.71. The summed E-state index contributed by atoms with van der Waals surface area (Å²) < 4.78 is 34.8. The van der Waals surface area contributed by atoms with Gasteiger partial charge in [-0.1, -0.05) is 18.2 Å². The number of para-hydroxylation sites is 2. The number of rotatable bonds is 6. The smallest absolute Gasteiger partial charge is 0.387 e. The maximum atomic E-state index is 12.4. The standard InChI is InChI=1S/C17H14F2N2O3S/c1-10-12(21-16(23-10)14-7-4-8-25-14)9-15(22)20-11-5-2-3-6-13(11)24-17(18)19/h2-8,17H,9H2,1H3,(H,20,22). The zero-order valence-electron chi connectivity index (χ0n) is 13.2. The first kappa shape index (κ1) is 17.1. The van der Waals surface area contributed by atoms with Crippen molar-refractivity contribution < 1.29 is 22.7 Å². The van der Waals surface area contributed by atoms with Gasteiger partial charge in [0, 0.05) is 0 Å². The minimum atomic E-state index is -2.97. The van der Waals surface area contributed by atoms with E-state index in [1.165, 1.54) is 23.5 Å². The van der Waals surface area contributed by atoms with Gasteiger partial charge in [0.25, 0.3) is 0 Å². The number of nitrogens with one attached hydrogen (secondary N) is 1. The lowest BCUT2D eigenvalue weighted by Crippen LogP contribution is -2.16. The lowest BCUT2D eigenvalue weighted by atomic mass is 10.2. The summed E-state index contributed by atoms with van der Waals surface area (Å²) in [6, 6.07) is 9.76. The van der Waals surface area contributed by atoms with Crippen LogP contribution in [-0.2, 0) is 11.2 Å². The molecular weight excluding hydrogens is 350 g/mol. The molecule has 0 unspecified atom stereocenters. The van der Waals surface area contributed by atoms with Gasteiger partial charge >= 0.3 is 6.61 Å². The molecule has 0 fully saturated rings. The van der Waals surface area contributed by atoms with Gasteiger partial charge in [0.05, 0.1) is 22.7 Å². The lowest BCUT2D eigenvalue weighted by molar-refractivity contribution is -0.115. The molecule has 0 aliphatic carbocycles. The van der Waals surface area contributed by atoms with Crippen molar-refractivity contribution in [2.75, 3.05) is 5.32 Å². The molecule has 1 amide bonds. The first-order valence-corrected chi connectivity index (χ1v) is 8.25. The summed E-state index contributed by atoms with van der Waals surface area (Å²) in [6.07, 6.45) is -0.0380. The van der Waals surface area contributed by atoms with Gasteiger partial charge in [0.2, 0.25) is 11.8 Å². The van der Waals surface area contributed by atoms with Crippen molar-refractivity contribution in [3.63, 3.8) is 0 Å². The van der Waals surface area contributed by atoms with E-state index in [0.29, 0.717) is 17.3 Å². The van der Waals surface area contributed by atoms with Crippen LogP contribution in [0.25, 0.3) is 10.8 Å². The fourth-order valence-corrected chi connectivity index (χ4v) is 2.86. The van der Waals surface area contributed by atoms with E-state index in [9.17, 15) is 13.6 Å². The third kappa shape index (κ3) is 4.21. The van der Waals surface area contributed by atoms with E-state index in [-0.39, 0.29) is 17.9 Å². The van der Waals surface area contributed by atoms with E-state index in [1.807, 2.05) is 17.5 Å². The minimum Gasteiger partial charge on any atom is -0.440 e. The predicted octanol–water partition coefficient (Wildman–Crippen LogP) is 4.49. The highest BCUT2D eigenvalue weighted by Crippen LogP contribution is 2.27. The minimum absolute atomic E-state index is 0.0380. The molecule has 2 heterocycles. The number of halogens is 2. The Morgan fingerprint density at radius 3 is 2.84 bits per heavy atom. The number of aryl methyl sites for hydroxylation is 1. The molecule has 130 valence electrons. The van der Waals surface area contributed by atoms with Crippen LogP contribution in [0.4, 0.5) is 14.5 Å². The molecule has 0 saturated heterocycles. The highest BCUT2D eigenvalue weighted by molar-refractivity contribution is 7.13. The van der Waals surface area contributed by atoms with Crippen molar-refractivity contribution in [3.05, 3.63) is 53.2 Å². The maximum absolute atomic E-state index is 12.4. The molecule has 0 radical (unpaired) electrons. The van der Waals surface area contributed by atoms with E-state index in [2.05, 4.69) is 15.0 Å². The normalized spacial score (nSPS) is 10.9. The fourth-order valence-electron chi connectivity index (χ4n) is 2.21. The van der Waals surface area contributed by atoms with E-state index in [0.717, 1.165) is 4.88 Å². The second-order valence-electron chi connectivity index (χ2n) is 5.10. The van der Waals surface area contributed by atoms with Crippen LogP contribution in [-0.4, -0.2) is 17.5 Å². The number of carbonyl (C=O) groups excluding carboxylic acids is 1. The number of amides is 1. The largest absolute Gasteiger partial charge is 0.440 e. The number of hydrogen-bond donors (Lipinski definition) is 1. The van der Waals surface area contributed by atoms with Crippen LogP contribution in [0.15, 0.2) is 46.2 Å². The Kier molecular flexibility index (Phi) is 5.08. The molecule has 0 aliphatic heterocycles. The van der Waals surface area contributed by atoms with Gasteiger partial charge in [-0.05, 0) is 30.5 Å². The Morgan fingerprint density at radius 2 is 2.12 bits per heavy atom. The van der Waals surface area contributed by atoms with Crippen LogP contribution >= 0.6 is 11.3 Å². The van der Waals surface area contributed by atoms with E-state index < -0.39 is 12.5 Å². The Labute approximate surface area is 146 Å². The summed E-state index contributed by atoms with van der Waals surface area (Å²) >= 11 is 1.48. The number of ether oxygens (including phenoxy) is 1. The number of hydrogen-bond acceptors (Lipinski definition) is 5. The van der Waals surface area contributed by atoms with Gasteiger partial charge in [0.1, 0.15) is 11.5 Å². The van der Waals surface area contributed by atoms with Crippen LogP contribution < -0.4 is 10.1 Å². The second-order valence-corrected chi connectivity index (χ2v) is 6.05. The fraction of sp³-hybridized carbons (Fsp3) is 0.176. The third-order valence-corrected chi connectivity index (χ3v) is 4.19. The van der Waals surface area contributed by atoms with E-state index in [4.69, 9.17) is 4.42 Å². The van der Waals surface area contributed by atoms with E-state index >= 15 is 0 Å². The van der Waals surface area contributed by atoms with Crippen molar-refractivity contribution >= 4 is 22.9 Å². The number of alkyl halides is 2. The first-order chi connectivity index (χ1) is 12.0. The zero-order valence-corrected chi connectivity index (χ0v) is 14.0. The number of carbonyl (C=O) groups is 1. The molecule has 2 aromatic heterocycles. The van der Waals surface area contributed by atoms with Gasteiger partial charge in [0.15, 0.2) is 0 Å². The first-order valence-electron chi connectivity index (χ1n) is 7.37. The van der Waals surface area contributed by atoms with Crippen LogP contribution in [0.5, 0.6) is 5.75 Å². The van der Waals surface area contributed by atoms with Crippen LogP contribution in [0.1, 0.15) is 11.5 Å². The number of nitrogens with zero attached hydrogens (tertiary/aromatic N) is 1. The molecule has 5 nitrogen and oxygen atoms in total. The summed E-state index contributed by atoms with van der Waals surface area (Å²) in [5.74, 6) is 0.494.